The fourth-order valence-electron chi connectivity index (χ4n) is 2.35. The van der Waals surface area contributed by atoms with Gasteiger partial charge in [-0.15, -0.1) is 0 Å². The summed E-state index contributed by atoms with van der Waals surface area (Å²) in [6.07, 6.45) is 18.1. The minimum absolute atomic E-state index is 0. The lowest BCUT2D eigenvalue weighted by atomic mass is 10.0. The third kappa shape index (κ3) is 22.7. The zero-order valence-electron chi connectivity index (χ0n) is 15.0. The summed E-state index contributed by atoms with van der Waals surface area (Å²) in [6, 6.07) is 3.25. The normalized spacial score (nSPS) is 10.7. The molecule has 0 bridgehead atoms. The summed E-state index contributed by atoms with van der Waals surface area (Å²) in [5, 5.41) is 0. The van der Waals surface area contributed by atoms with Crippen molar-refractivity contribution in [3.63, 3.8) is 0 Å². The van der Waals surface area contributed by atoms with E-state index in [0.717, 1.165) is 10.9 Å². The lowest BCUT2D eigenvalue weighted by Gasteiger charge is -2.12. The number of rotatable bonds is 12. The van der Waals surface area contributed by atoms with Gasteiger partial charge in [0.25, 0.3) is 0 Å². The van der Waals surface area contributed by atoms with Gasteiger partial charge in [-0.3, -0.25) is 4.48 Å². The summed E-state index contributed by atoms with van der Waals surface area (Å²) in [5.41, 5.74) is 0. The molecule has 0 heterocycles. The van der Waals surface area contributed by atoms with E-state index >= 15 is 0 Å². The SMILES string of the molecule is CCCCCCCCCCCCCCC#C[N+](C)(C)C.[I-]. The monoisotopic (exact) mass is 407 g/mol. The zero-order valence-corrected chi connectivity index (χ0v) is 17.2. The van der Waals surface area contributed by atoms with E-state index in [1.54, 1.807) is 0 Å². The van der Waals surface area contributed by atoms with Crippen LogP contribution in [0.1, 0.15) is 90.4 Å². The van der Waals surface area contributed by atoms with Gasteiger partial charge < -0.3 is 24.0 Å². The van der Waals surface area contributed by atoms with Gasteiger partial charge in [0.2, 0.25) is 0 Å². The highest BCUT2D eigenvalue weighted by Crippen LogP contribution is 2.12. The highest BCUT2D eigenvalue weighted by molar-refractivity contribution is 4.90. The minimum atomic E-state index is 0. The minimum Gasteiger partial charge on any atom is -1.00 e. The molecular formula is C19H38IN. The molecule has 0 aromatic heterocycles. The molecule has 0 rings (SSSR count). The molecule has 0 amide bonds. The maximum Gasteiger partial charge on any atom is 0.136 e. The van der Waals surface area contributed by atoms with E-state index in [1.807, 2.05) is 0 Å². The number of nitrogens with zero attached hydrogens (tertiary/aromatic N) is 1. The van der Waals surface area contributed by atoms with Crippen molar-refractivity contribution >= 4 is 0 Å². The number of halogens is 1. The molecule has 0 saturated heterocycles. The molecule has 21 heavy (non-hydrogen) atoms. The van der Waals surface area contributed by atoms with Gasteiger partial charge >= 0.3 is 0 Å². The van der Waals surface area contributed by atoms with Crippen LogP contribution in [0.3, 0.4) is 0 Å². The van der Waals surface area contributed by atoms with Crippen LogP contribution in [0.2, 0.25) is 0 Å². The van der Waals surface area contributed by atoms with E-state index in [1.165, 1.54) is 77.0 Å². The van der Waals surface area contributed by atoms with Gasteiger partial charge in [-0.05, 0) is 12.3 Å². The van der Waals surface area contributed by atoms with Crippen molar-refractivity contribution in [3.8, 4) is 12.0 Å². The van der Waals surface area contributed by atoms with Crippen LogP contribution < -0.4 is 24.0 Å². The Morgan fingerprint density at radius 2 is 1.00 bits per heavy atom. The molecule has 0 aliphatic rings. The summed E-state index contributed by atoms with van der Waals surface area (Å²) in [6.45, 7) is 2.29. The Balaban J connectivity index is 0. The molecule has 0 aliphatic carbocycles. The maximum absolute atomic E-state index is 3.28. The molecule has 0 aromatic rings. The van der Waals surface area contributed by atoms with E-state index in [2.05, 4.69) is 40.0 Å². The lowest BCUT2D eigenvalue weighted by Crippen LogP contribution is -3.00. The van der Waals surface area contributed by atoms with Crippen molar-refractivity contribution in [3.05, 3.63) is 0 Å². The topological polar surface area (TPSA) is 0 Å². The summed E-state index contributed by atoms with van der Waals surface area (Å²) in [4.78, 5) is 0. The average Bonchev–Trinajstić information content (AvgIpc) is 2.38. The molecule has 126 valence electrons. The van der Waals surface area contributed by atoms with E-state index < -0.39 is 0 Å². The van der Waals surface area contributed by atoms with Crippen LogP contribution in [0.15, 0.2) is 0 Å². The van der Waals surface area contributed by atoms with E-state index in [4.69, 9.17) is 0 Å². The van der Waals surface area contributed by atoms with Crippen molar-refractivity contribution in [1.82, 2.24) is 0 Å². The Labute approximate surface area is 151 Å². The average molecular weight is 407 g/mol. The van der Waals surface area contributed by atoms with Gasteiger partial charge in [-0.1, -0.05) is 77.6 Å². The van der Waals surface area contributed by atoms with Crippen LogP contribution in [0.5, 0.6) is 0 Å². The van der Waals surface area contributed by atoms with Crippen molar-refractivity contribution < 1.29 is 28.5 Å². The number of quaternary nitrogens is 1. The number of hydrogen-bond donors (Lipinski definition) is 0. The van der Waals surface area contributed by atoms with Crippen LogP contribution in [0.4, 0.5) is 0 Å². The number of unbranched alkanes of at least 4 members (excludes halogenated alkanes) is 12. The summed E-state index contributed by atoms with van der Waals surface area (Å²) in [7, 11) is 6.36. The first-order chi connectivity index (χ1) is 9.56. The molecule has 0 fully saturated rings. The molecule has 0 aliphatic heterocycles. The van der Waals surface area contributed by atoms with E-state index in [9.17, 15) is 0 Å². The fraction of sp³-hybridized carbons (Fsp3) is 0.895. The second kappa shape index (κ2) is 16.6. The predicted octanol–water partition coefficient (Wildman–Crippen LogP) is 2.75. The van der Waals surface area contributed by atoms with E-state index in [-0.39, 0.29) is 24.0 Å². The molecule has 0 unspecified atom stereocenters. The van der Waals surface area contributed by atoms with Gasteiger partial charge in [0.1, 0.15) is 6.04 Å². The first-order valence-corrected chi connectivity index (χ1v) is 8.88. The van der Waals surface area contributed by atoms with Crippen molar-refractivity contribution in [2.75, 3.05) is 21.1 Å². The Morgan fingerprint density at radius 1 is 0.619 bits per heavy atom. The molecule has 0 saturated carbocycles. The van der Waals surface area contributed by atoms with Crippen LogP contribution in [-0.2, 0) is 0 Å². The summed E-state index contributed by atoms with van der Waals surface area (Å²) < 4.78 is 0.762. The fourth-order valence-corrected chi connectivity index (χ4v) is 2.35. The Morgan fingerprint density at radius 3 is 1.38 bits per heavy atom. The molecular weight excluding hydrogens is 369 g/mol. The Kier molecular flexibility index (Phi) is 18.6. The molecule has 0 radical (unpaired) electrons. The molecule has 0 N–H and O–H groups in total. The largest absolute Gasteiger partial charge is 1.00 e. The zero-order chi connectivity index (χ0) is 15.1. The number of hydrogen-bond acceptors (Lipinski definition) is 0. The molecule has 0 atom stereocenters. The van der Waals surface area contributed by atoms with Crippen LogP contribution in [-0.4, -0.2) is 25.6 Å². The molecule has 1 nitrogen and oxygen atoms in total. The predicted molar refractivity (Wildman–Crippen MR) is 91.5 cm³/mol. The van der Waals surface area contributed by atoms with Crippen LogP contribution in [0.25, 0.3) is 0 Å². The van der Waals surface area contributed by atoms with Gasteiger partial charge in [-0.25, -0.2) is 0 Å². The second-order valence-electron chi connectivity index (χ2n) is 6.94. The van der Waals surface area contributed by atoms with Crippen molar-refractivity contribution in [2.45, 2.75) is 90.4 Å². The lowest BCUT2D eigenvalue weighted by molar-refractivity contribution is -0.800. The first-order valence-electron chi connectivity index (χ1n) is 8.88. The summed E-state index contributed by atoms with van der Waals surface area (Å²) >= 11 is 0. The van der Waals surface area contributed by atoms with Gasteiger partial charge in [0.15, 0.2) is 0 Å². The quantitative estimate of drug-likeness (QED) is 0.202. The van der Waals surface area contributed by atoms with Gasteiger partial charge in [0.05, 0.1) is 21.1 Å². The standard InChI is InChI=1S/C19H38N.HI/c1-5-6-7-8-9-10-11-12-13-14-15-16-17-18-19-20(2,3)4;/h5-17H2,1-4H3;1H/q+1;/p-1. The van der Waals surface area contributed by atoms with E-state index in [0.29, 0.717) is 0 Å². The van der Waals surface area contributed by atoms with Gasteiger partial charge in [0, 0.05) is 6.42 Å². The third-order valence-electron chi connectivity index (χ3n) is 3.57. The van der Waals surface area contributed by atoms with Gasteiger partial charge in [-0.2, -0.15) is 0 Å². The highest BCUT2D eigenvalue weighted by Gasteiger charge is 1.98. The van der Waals surface area contributed by atoms with Crippen molar-refractivity contribution in [2.24, 2.45) is 0 Å². The van der Waals surface area contributed by atoms with Crippen LogP contribution >= 0.6 is 0 Å². The second-order valence-corrected chi connectivity index (χ2v) is 6.94. The van der Waals surface area contributed by atoms with Crippen LogP contribution in [0, 0.1) is 12.0 Å². The molecule has 0 spiro atoms. The summed E-state index contributed by atoms with van der Waals surface area (Å²) in [5.74, 6) is 3.28. The smallest absolute Gasteiger partial charge is 0.136 e. The maximum atomic E-state index is 3.28. The van der Waals surface area contributed by atoms with Crippen molar-refractivity contribution in [1.29, 1.82) is 0 Å². The Hall–Kier alpha value is 0.250. The molecule has 2 heteroatoms. The Bertz CT molecular complexity index is 257. The highest BCUT2D eigenvalue weighted by atomic mass is 127. The first kappa shape index (κ1) is 23.5. The molecule has 0 aromatic carbocycles. The third-order valence-corrected chi connectivity index (χ3v) is 3.57.